The van der Waals surface area contributed by atoms with Gasteiger partial charge in [0.2, 0.25) is 0 Å². The summed E-state index contributed by atoms with van der Waals surface area (Å²) >= 11 is 1.09. The number of hydrogen-bond donors (Lipinski definition) is 2. The number of amidine groups is 1. The zero-order valence-corrected chi connectivity index (χ0v) is 14.0. The Morgan fingerprint density at radius 2 is 2.08 bits per heavy atom. The van der Waals surface area contributed by atoms with E-state index in [0.29, 0.717) is 34.1 Å². The van der Waals surface area contributed by atoms with E-state index in [4.69, 9.17) is 0 Å². The van der Waals surface area contributed by atoms with E-state index in [1.54, 1.807) is 6.92 Å². The standard InChI is InChI=1S/C17H16F2N2O2S/c1-7-4-11(18)12(19)5-10(7)6-13-20-9(3)14-8(2)15(17(22)23)24-16(14)21-13/h4-5,7,10H,3,6H2,1-2H3,(H,20,21)(H,22,23). The molecule has 1 aliphatic heterocycles. The van der Waals surface area contributed by atoms with Gasteiger partial charge in [-0.15, -0.1) is 11.3 Å². The second-order valence-corrected chi connectivity index (χ2v) is 6.96. The molecular weight excluding hydrogens is 334 g/mol. The molecule has 0 spiro atoms. The number of aliphatic imine (C=N–C) groups is 1. The smallest absolute Gasteiger partial charge is 0.346 e. The van der Waals surface area contributed by atoms with E-state index in [0.717, 1.165) is 11.3 Å². The van der Waals surface area contributed by atoms with Gasteiger partial charge >= 0.3 is 5.97 Å². The molecule has 1 aromatic rings. The zero-order valence-electron chi connectivity index (χ0n) is 13.2. The van der Waals surface area contributed by atoms with Gasteiger partial charge in [-0.2, -0.15) is 0 Å². The Kier molecular flexibility index (Phi) is 4.13. The summed E-state index contributed by atoms with van der Waals surface area (Å²) in [6.07, 6.45) is 2.92. The highest BCUT2D eigenvalue weighted by molar-refractivity contribution is 7.18. The molecule has 126 valence electrons. The number of nitrogens with one attached hydrogen (secondary N) is 1. The molecule has 0 fully saturated rings. The van der Waals surface area contributed by atoms with Crippen LogP contribution in [0.3, 0.4) is 0 Å². The van der Waals surface area contributed by atoms with Gasteiger partial charge in [-0.3, -0.25) is 0 Å². The number of carboxylic acid groups (broad SMARTS) is 1. The molecule has 2 N–H and O–H groups in total. The molecule has 7 heteroatoms. The minimum absolute atomic E-state index is 0.164. The van der Waals surface area contributed by atoms with Crippen molar-refractivity contribution in [3.63, 3.8) is 0 Å². The normalized spacial score (nSPS) is 23.0. The summed E-state index contributed by atoms with van der Waals surface area (Å²) in [4.78, 5) is 16.0. The molecule has 2 unspecified atom stereocenters. The van der Waals surface area contributed by atoms with Crippen molar-refractivity contribution in [2.45, 2.75) is 20.3 Å². The number of carbonyl (C=O) groups is 1. The van der Waals surface area contributed by atoms with Crippen molar-refractivity contribution in [3.05, 3.63) is 46.4 Å². The Morgan fingerprint density at radius 1 is 1.42 bits per heavy atom. The van der Waals surface area contributed by atoms with Gasteiger partial charge < -0.3 is 10.4 Å². The van der Waals surface area contributed by atoms with Crippen molar-refractivity contribution in [2.75, 3.05) is 0 Å². The Hall–Kier alpha value is -2.28. The van der Waals surface area contributed by atoms with E-state index >= 15 is 0 Å². The van der Waals surface area contributed by atoms with Gasteiger partial charge in [0.15, 0.2) is 11.7 Å². The predicted molar refractivity (Wildman–Crippen MR) is 90.9 cm³/mol. The molecule has 0 amide bonds. The molecule has 24 heavy (non-hydrogen) atoms. The number of aromatic carboxylic acids is 1. The molecule has 4 nitrogen and oxygen atoms in total. The average molecular weight is 350 g/mol. The lowest BCUT2D eigenvalue weighted by atomic mass is 9.86. The number of nitrogens with zero attached hydrogens (tertiary/aromatic N) is 1. The van der Waals surface area contributed by atoms with Crippen LogP contribution in [0.15, 0.2) is 35.4 Å². The van der Waals surface area contributed by atoms with Gasteiger partial charge in [-0.05, 0) is 36.5 Å². The molecule has 1 aromatic heterocycles. The summed E-state index contributed by atoms with van der Waals surface area (Å²) in [5.41, 5.74) is 1.90. The second-order valence-electron chi connectivity index (χ2n) is 5.96. The lowest BCUT2D eigenvalue weighted by Crippen LogP contribution is -2.28. The molecule has 3 rings (SSSR count). The van der Waals surface area contributed by atoms with Crippen molar-refractivity contribution >= 4 is 33.8 Å². The van der Waals surface area contributed by atoms with E-state index in [2.05, 4.69) is 16.9 Å². The highest BCUT2D eigenvalue weighted by Gasteiger charge is 2.28. The van der Waals surface area contributed by atoms with Crippen molar-refractivity contribution < 1.29 is 18.7 Å². The molecule has 2 atom stereocenters. The second kappa shape index (κ2) is 5.98. The molecule has 2 heterocycles. The van der Waals surface area contributed by atoms with E-state index in [1.165, 1.54) is 12.2 Å². The number of fused-ring (bicyclic) bond motifs is 1. The van der Waals surface area contributed by atoms with Crippen molar-refractivity contribution in [2.24, 2.45) is 16.8 Å². The van der Waals surface area contributed by atoms with Crippen molar-refractivity contribution in [3.8, 4) is 0 Å². The molecule has 1 aliphatic carbocycles. The molecule has 0 saturated carbocycles. The minimum atomic E-state index is -0.997. The number of thiophene rings is 1. The Labute approximate surface area is 141 Å². The predicted octanol–water partition coefficient (Wildman–Crippen LogP) is 4.72. The van der Waals surface area contributed by atoms with Crippen LogP contribution in [0.5, 0.6) is 0 Å². The van der Waals surface area contributed by atoms with Crippen LogP contribution in [0.4, 0.5) is 13.8 Å². The fourth-order valence-corrected chi connectivity index (χ4v) is 4.01. The maximum Gasteiger partial charge on any atom is 0.346 e. The monoisotopic (exact) mass is 350 g/mol. The third-order valence-electron chi connectivity index (χ3n) is 4.26. The summed E-state index contributed by atoms with van der Waals surface area (Å²) in [7, 11) is 0. The molecular formula is C17H16F2N2O2S. The summed E-state index contributed by atoms with van der Waals surface area (Å²) < 4.78 is 26.8. The van der Waals surface area contributed by atoms with Crippen LogP contribution < -0.4 is 5.32 Å². The van der Waals surface area contributed by atoms with Crippen LogP contribution in [-0.4, -0.2) is 16.9 Å². The minimum Gasteiger partial charge on any atom is -0.477 e. The van der Waals surface area contributed by atoms with Crippen LogP contribution in [-0.2, 0) is 0 Å². The van der Waals surface area contributed by atoms with Crippen LogP contribution in [0.1, 0.15) is 34.1 Å². The van der Waals surface area contributed by atoms with Crippen molar-refractivity contribution in [1.29, 1.82) is 0 Å². The number of rotatable bonds is 3. The highest BCUT2D eigenvalue weighted by Crippen LogP contribution is 2.41. The van der Waals surface area contributed by atoms with E-state index in [-0.39, 0.29) is 16.7 Å². The first kappa shape index (κ1) is 16.6. The number of halogens is 2. The first-order chi connectivity index (χ1) is 11.3. The van der Waals surface area contributed by atoms with Crippen molar-refractivity contribution in [1.82, 2.24) is 5.32 Å². The zero-order chi connectivity index (χ0) is 17.6. The lowest BCUT2D eigenvalue weighted by Gasteiger charge is -2.25. The molecule has 0 aromatic carbocycles. The van der Waals surface area contributed by atoms with Crippen LogP contribution in [0, 0.1) is 18.8 Å². The fraction of sp³-hybridized carbons (Fsp3) is 0.294. The third-order valence-corrected chi connectivity index (χ3v) is 5.43. The first-order valence-corrected chi connectivity index (χ1v) is 8.25. The number of hydrogen-bond acceptors (Lipinski definition) is 4. The van der Waals surface area contributed by atoms with Crippen LogP contribution >= 0.6 is 11.3 Å². The van der Waals surface area contributed by atoms with Gasteiger partial charge in [-0.1, -0.05) is 13.5 Å². The summed E-state index contributed by atoms with van der Waals surface area (Å²) in [5.74, 6) is -2.50. The maximum atomic E-state index is 13.5. The van der Waals surface area contributed by atoms with Gasteiger partial charge in [0.1, 0.15) is 15.7 Å². The fourth-order valence-electron chi connectivity index (χ4n) is 2.94. The average Bonchev–Trinajstić information content (AvgIpc) is 2.82. The Bertz CT molecular complexity index is 836. The lowest BCUT2D eigenvalue weighted by molar-refractivity contribution is 0.0701. The number of carboxylic acids is 1. The molecule has 0 bridgehead atoms. The molecule has 0 radical (unpaired) electrons. The number of allylic oxidation sites excluding steroid dienone is 4. The van der Waals surface area contributed by atoms with Gasteiger partial charge in [0, 0.05) is 17.7 Å². The third kappa shape index (κ3) is 2.80. The maximum absolute atomic E-state index is 13.5. The highest BCUT2D eigenvalue weighted by atomic mass is 32.1. The Balaban J connectivity index is 1.90. The van der Waals surface area contributed by atoms with Crippen LogP contribution in [0.25, 0.3) is 5.70 Å². The summed E-state index contributed by atoms with van der Waals surface area (Å²) in [5, 5.41) is 12.9. The van der Waals surface area contributed by atoms with Crippen LogP contribution in [0.2, 0.25) is 0 Å². The van der Waals surface area contributed by atoms with E-state index in [1.807, 2.05) is 6.92 Å². The van der Waals surface area contributed by atoms with Gasteiger partial charge in [0.05, 0.1) is 0 Å². The van der Waals surface area contributed by atoms with Gasteiger partial charge in [-0.25, -0.2) is 18.6 Å². The summed E-state index contributed by atoms with van der Waals surface area (Å²) in [6.45, 7) is 7.48. The van der Waals surface area contributed by atoms with Gasteiger partial charge in [0.25, 0.3) is 0 Å². The Morgan fingerprint density at radius 3 is 2.75 bits per heavy atom. The molecule has 2 aliphatic rings. The SMILES string of the molecule is C=C1NC(CC2C=C(F)C(F)=CC2C)=Nc2sc(C(=O)O)c(C)c21. The quantitative estimate of drug-likeness (QED) is 0.829. The largest absolute Gasteiger partial charge is 0.477 e. The van der Waals surface area contributed by atoms with E-state index < -0.39 is 17.6 Å². The summed E-state index contributed by atoms with van der Waals surface area (Å²) in [6, 6.07) is 0. The molecule has 0 saturated heterocycles. The topological polar surface area (TPSA) is 61.7 Å². The first-order valence-electron chi connectivity index (χ1n) is 7.43. The van der Waals surface area contributed by atoms with E-state index in [9.17, 15) is 18.7 Å².